The number of hydrogen-bond donors (Lipinski definition) is 2. The molecule has 4 heteroatoms. The number of aromatic nitrogens is 1. The maximum atomic E-state index is 9.52. The summed E-state index contributed by atoms with van der Waals surface area (Å²) in [5, 5.41) is 9.52. The molecule has 0 bridgehead atoms. The zero-order valence-electron chi connectivity index (χ0n) is 9.63. The minimum Gasteiger partial charge on any atom is -0.399 e. The predicted molar refractivity (Wildman–Crippen MR) is 63.7 cm³/mol. The number of likely N-dealkylation sites (tertiary alicyclic amines) is 1. The Balaban J connectivity index is 1.92. The van der Waals surface area contributed by atoms with Crippen molar-refractivity contribution in [2.24, 2.45) is 5.92 Å². The molecule has 1 aromatic heterocycles. The third-order valence-corrected chi connectivity index (χ3v) is 3.22. The van der Waals surface area contributed by atoms with Crippen molar-refractivity contribution in [3.8, 4) is 0 Å². The smallest absolute Gasteiger partial charge is 0.0564 e. The lowest BCUT2D eigenvalue weighted by Gasteiger charge is -2.16. The highest BCUT2D eigenvalue weighted by atomic mass is 16.3. The molecule has 1 saturated heterocycles. The summed E-state index contributed by atoms with van der Waals surface area (Å²) in [4.78, 5) is 6.61. The monoisotopic (exact) mass is 221 g/mol. The van der Waals surface area contributed by atoms with E-state index in [4.69, 9.17) is 5.73 Å². The van der Waals surface area contributed by atoms with Gasteiger partial charge < -0.3 is 10.8 Å². The fraction of sp³-hybridized carbons (Fsp3) is 0.583. The highest BCUT2D eigenvalue weighted by Crippen LogP contribution is 2.21. The minimum absolute atomic E-state index is 0.209. The number of rotatable bonds is 3. The molecule has 0 radical (unpaired) electrons. The van der Waals surface area contributed by atoms with Gasteiger partial charge in [0.25, 0.3) is 0 Å². The van der Waals surface area contributed by atoms with Crippen molar-refractivity contribution < 1.29 is 5.11 Å². The topological polar surface area (TPSA) is 62.4 Å². The Hall–Kier alpha value is -1.13. The molecule has 0 amide bonds. The second kappa shape index (κ2) is 4.80. The third kappa shape index (κ3) is 2.71. The van der Waals surface area contributed by atoms with Crippen LogP contribution in [0.1, 0.15) is 19.0 Å². The number of pyridine rings is 1. The lowest BCUT2D eigenvalue weighted by atomic mass is 10.0. The minimum atomic E-state index is -0.209. The Labute approximate surface area is 96.1 Å². The van der Waals surface area contributed by atoms with Crippen molar-refractivity contribution in [2.45, 2.75) is 26.0 Å². The Bertz CT molecular complexity index is 354. The highest BCUT2D eigenvalue weighted by Gasteiger charge is 2.25. The Morgan fingerprint density at radius 2 is 2.50 bits per heavy atom. The number of hydrogen-bond acceptors (Lipinski definition) is 4. The van der Waals surface area contributed by atoms with E-state index >= 15 is 0 Å². The first kappa shape index (κ1) is 11.4. The molecule has 2 heterocycles. The predicted octanol–water partition coefficient (Wildman–Crippen LogP) is 0.867. The number of nitrogens with two attached hydrogens (primary N) is 1. The van der Waals surface area contributed by atoms with Gasteiger partial charge in [0.05, 0.1) is 11.8 Å². The third-order valence-electron chi connectivity index (χ3n) is 3.22. The van der Waals surface area contributed by atoms with Crippen LogP contribution in [0.4, 0.5) is 5.69 Å². The van der Waals surface area contributed by atoms with Crippen LogP contribution in [0.15, 0.2) is 18.3 Å². The summed E-state index contributed by atoms with van der Waals surface area (Å²) < 4.78 is 0. The summed E-state index contributed by atoms with van der Waals surface area (Å²) in [7, 11) is 0. The molecule has 2 unspecified atom stereocenters. The van der Waals surface area contributed by atoms with Crippen LogP contribution < -0.4 is 5.73 Å². The first-order valence-electron chi connectivity index (χ1n) is 5.76. The van der Waals surface area contributed by atoms with Gasteiger partial charge in [0.2, 0.25) is 0 Å². The second-order valence-corrected chi connectivity index (χ2v) is 4.60. The fourth-order valence-electron chi connectivity index (χ4n) is 2.21. The molecule has 1 aliphatic rings. The molecule has 2 atom stereocenters. The number of anilines is 1. The lowest BCUT2D eigenvalue weighted by molar-refractivity contribution is 0.127. The summed E-state index contributed by atoms with van der Waals surface area (Å²) >= 11 is 0. The van der Waals surface area contributed by atoms with Crippen molar-refractivity contribution in [3.63, 3.8) is 0 Å². The van der Waals surface area contributed by atoms with Crippen LogP contribution >= 0.6 is 0 Å². The van der Waals surface area contributed by atoms with Gasteiger partial charge in [0, 0.05) is 25.0 Å². The van der Waals surface area contributed by atoms with Crippen molar-refractivity contribution >= 4 is 5.69 Å². The average Bonchev–Trinajstić information content (AvgIpc) is 2.66. The van der Waals surface area contributed by atoms with Crippen LogP contribution in [0, 0.1) is 5.92 Å². The Morgan fingerprint density at radius 1 is 1.69 bits per heavy atom. The molecule has 88 valence electrons. The number of aliphatic hydroxyl groups excluding tert-OH is 1. The van der Waals surface area contributed by atoms with Crippen LogP contribution in [0.2, 0.25) is 0 Å². The standard InChI is InChI=1S/C12H19N3O/c1-9(16)10-3-5-15(7-10)8-12-6-11(13)2-4-14-12/h2,4,6,9-10,16H,3,5,7-8H2,1H3,(H2,13,14). The van der Waals surface area contributed by atoms with Crippen LogP contribution in [0.3, 0.4) is 0 Å². The molecule has 1 aliphatic heterocycles. The first-order chi connectivity index (χ1) is 7.65. The quantitative estimate of drug-likeness (QED) is 0.795. The molecular weight excluding hydrogens is 202 g/mol. The summed E-state index contributed by atoms with van der Waals surface area (Å²) in [6.07, 6.45) is 2.60. The second-order valence-electron chi connectivity index (χ2n) is 4.60. The van der Waals surface area contributed by atoms with Gasteiger partial charge in [-0.3, -0.25) is 9.88 Å². The van der Waals surface area contributed by atoms with Gasteiger partial charge in [0.15, 0.2) is 0 Å². The fourth-order valence-corrected chi connectivity index (χ4v) is 2.21. The largest absolute Gasteiger partial charge is 0.399 e. The van der Waals surface area contributed by atoms with Crippen LogP contribution in [-0.4, -0.2) is 34.2 Å². The average molecular weight is 221 g/mol. The van der Waals surface area contributed by atoms with Gasteiger partial charge in [-0.2, -0.15) is 0 Å². The summed E-state index contributed by atoms with van der Waals surface area (Å²) in [5.41, 5.74) is 7.48. The molecule has 1 aromatic rings. The zero-order valence-corrected chi connectivity index (χ0v) is 9.63. The molecule has 0 spiro atoms. The molecule has 2 rings (SSSR count). The molecule has 0 saturated carbocycles. The lowest BCUT2D eigenvalue weighted by Crippen LogP contribution is -2.24. The van der Waals surface area contributed by atoms with E-state index < -0.39 is 0 Å². The van der Waals surface area contributed by atoms with Crippen LogP contribution in [-0.2, 0) is 6.54 Å². The molecule has 16 heavy (non-hydrogen) atoms. The van der Waals surface area contributed by atoms with E-state index in [1.807, 2.05) is 13.0 Å². The normalized spacial score (nSPS) is 23.5. The van der Waals surface area contributed by atoms with E-state index in [9.17, 15) is 5.11 Å². The highest BCUT2D eigenvalue weighted by molar-refractivity contribution is 5.37. The van der Waals surface area contributed by atoms with E-state index in [1.54, 1.807) is 12.3 Å². The molecule has 0 aliphatic carbocycles. The van der Waals surface area contributed by atoms with Crippen molar-refractivity contribution in [1.82, 2.24) is 9.88 Å². The Morgan fingerprint density at radius 3 is 3.12 bits per heavy atom. The van der Waals surface area contributed by atoms with Crippen molar-refractivity contribution in [3.05, 3.63) is 24.0 Å². The van der Waals surface area contributed by atoms with E-state index in [-0.39, 0.29) is 6.10 Å². The van der Waals surface area contributed by atoms with E-state index in [1.165, 1.54) is 0 Å². The number of aliphatic hydroxyl groups is 1. The van der Waals surface area contributed by atoms with Gasteiger partial charge in [0.1, 0.15) is 0 Å². The molecule has 3 N–H and O–H groups in total. The maximum Gasteiger partial charge on any atom is 0.0564 e. The molecule has 1 fully saturated rings. The van der Waals surface area contributed by atoms with E-state index in [0.717, 1.165) is 37.4 Å². The zero-order chi connectivity index (χ0) is 11.5. The van der Waals surface area contributed by atoms with E-state index in [2.05, 4.69) is 9.88 Å². The van der Waals surface area contributed by atoms with Gasteiger partial charge in [-0.05, 0) is 37.9 Å². The van der Waals surface area contributed by atoms with Gasteiger partial charge in [-0.1, -0.05) is 0 Å². The first-order valence-corrected chi connectivity index (χ1v) is 5.76. The maximum absolute atomic E-state index is 9.52. The number of nitrogen functional groups attached to an aromatic ring is 1. The summed E-state index contributed by atoms with van der Waals surface area (Å²) in [6, 6.07) is 3.71. The molecular formula is C12H19N3O. The van der Waals surface area contributed by atoms with Crippen LogP contribution in [0.5, 0.6) is 0 Å². The SMILES string of the molecule is CC(O)C1CCN(Cc2cc(N)ccn2)C1. The van der Waals surface area contributed by atoms with Crippen molar-refractivity contribution in [2.75, 3.05) is 18.8 Å². The van der Waals surface area contributed by atoms with Gasteiger partial charge >= 0.3 is 0 Å². The Kier molecular flexibility index (Phi) is 3.41. The summed E-state index contributed by atoms with van der Waals surface area (Å²) in [5.74, 6) is 0.404. The summed E-state index contributed by atoms with van der Waals surface area (Å²) in [6.45, 7) is 4.68. The van der Waals surface area contributed by atoms with Crippen LogP contribution in [0.25, 0.3) is 0 Å². The van der Waals surface area contributed by atoms with Gasteiger partial charge in [-0.15, -0.1) is 0 Å². The number of nitrogens with zero attached hydrogens (tertiary/aromatic N) is 2. The van der Waals surface area contributed by atoms with Gasteiger partial charge in [-0.25, -0.2) is 0 Å². The van der Waals surface area contributed by atoms with Crippen molar-refractivity contribution in [1.29, 1.82) is 0 Å². The van der Waals surface area contributed by atoms with E-state index in [0.29, 0.717) is 5.92 Å². The molecule has 0 aromatic carbocycles. The molecule has 4 nitrogen and oxygen atoms in total.